The van der Waals surface area contributed by atoms with Gasteiger partial charge in [-0.15, -0.1) is 0 Å². The number of ether oxygens (including phenoxy) is 1. The minimum absolute atomic E-state index is 0.164. The summed E-state index contributed by atoms with van der Waals surface area (Å²) < 4.78 is 47.3. The maximum Gasteiger partial charge on any atom is 0.396 e. The van der Waals surface area contributed by atoms with Crippen molar-refractivity contribution < 1.29 is 22.4 Å². The van der Waals surface area contributed by atoms with Crippen molar-refractivity contribution in [1.82, 2.24) is 15.0 Å². The van der Waals surface area contributed by atoms with Gasteiger partial charge in [-0.25, -0.2) is 0 Å². The molecule has 0 radical (unpaired) electrons. The van der Waals surface area contributed by atoms with E-state index in [4.69, 9.17) is 9.26 Å². The molecule has 142 valence electrons. The second-order valence-corrected chi connectivity index (χ2v) is 6.22. The highest BCUT2D eigenvalue weighted by Gasteiger charge is 2.31. The molecule has 1 aliphatic rings. The Morgan fingerprint density at radius 3 is 2.65 bits per heavy atom. The van der Waals surface area contributed by atoms with E-state index in [2.05, 4.69) is 21.1 Å². The average molecular weight is 370 g/mol. The van der Waals surface area contributed by atoms with Crippen LogP contribution >= 0.6 is 0 Å². The SMILES string of the molecule is COc1cccc(CCN2CCN(c3nc(CC(F)(F)F)no3)CC2)c1. The number of hydrogen-bond acceptors (Lipinski definition) is 6. The van der Waals surface area contributed by atoms with Crippen molar-refractivity contribution in [1.29, 1.82) is 0 Å². The molecule has 2 heterocycles. The summed E-state index contributed by atoms with van der Waals surface area (Å²) in [6.07, 6.45) is -4.59. The molecule has 0 saturated carbocycles. The number of halogens is 3. The molecule has 26 heavy (non-hydrogen) atoms. The number of hydrogen-bond donors (Lipinski definition) is 0. The van der Waals surface area contributed by atoms with Gasteiger partial charge in [-0.3, -0.25) is 4.90 Å². The van der Waals surface area contributed by atoms with Gasteiger partial charge in [0.05, 0.1) is 7.11 Å². The Labute approximate surface area is 149 Å². The summed E-state index contributed by atoms with van der Waals surface area (Å²) in [4.78, 5) is 7.99. The normalized spacial score (nSPS) is 16.1. The molecular formula is C17H21F3N4O2. The quantitative estimate of drug-likeness (QED) is 0.779. The van der Waals surface area contributed by atoms with Gasteiger partial charge >= 0.3 is 12.2 Å². The standard InChI is InChI=1S/C17H21F3N4O2/c1-25-14-4-2-3-13(11-14)5-6-23-7-9-24(10-8-23)16-21-15(22-26-16)12-17(18,19)20/h2-4,11H,5-10,12H2,1H3. The average Bonchev–Trinajstić information content (AvgIpc) is 3.07. The fourth-order valence-corrected chi connectivity index (χ4v) is 2.90. The Morgan fingerprint density at radius 2 is 1.96 bits per heavy atom. The van der Waals surface area contributed by atoms with E-state index < -0.39 is 12.6 Å². The fraction of sp³-hybridized carbons (Fsp3) is 0.529. The molecule has 1 aliphatic heterocycles. The van der Waals surface area contributed by atoms with Crippen LogP contribution in [0, 0.1) is 0 Å². The van der Waals surface area contributed by atoms with Crippen molar-refractivity contribution in [2.45, 2.75) is 19.0 Å². The van der Waals surface area contributed by atoms with Gasteiger partial charge in [0.2, 0.25) is 0 Å². The number of benzene rings is 1. The van der Waals surface area contributed by atoms with E-state index in [-0.39, 0.29) is 11.8 Å². The number of piperazine rings is 1. The van der Waals surface area contributed by atoms with Crippen LogP contribution in [-0.2, 0) is 12.8 Å². The molecule has 9 heteroatoms. The lowest BCUT2D eigenvalue weighted by Crippen LogP contribution is -2.47. The molecular weight excluding hydrogens is 349 g/mol. The molecule has 2 aromatic rings. The highest BCUT2D eigenvalue weighted by molar-refractivity contribution is 5.29. The van der Waals surface area contributed by atoms with Crippen molar-refractivity contribution in [2.75, 3.05) is 44.7 Å². The van der Waals surface area contributed by atoms with E-state index >= 15 is 0 Å². The van der Waals surface area contributed by atoms with Crippen LogP contribution in [0.15, 0.2) is 28.8 Å². The number of nitrogens with zero attached hydrogens (tertiary/aromatic N) is 4. The van der Waals surface area contributed by atoms with Gasteiger partial charge in [0.1, 0.15) is 12.2 Å². The van der Waals surface area contributed by atoms with Crippen LogP contribution in [0.2, 0.25) is 0 Å². The Balaban J connectivity index is 1.47. The highest BCUT2D eigenvalue weighted by atomic mass is 19.4. The minimum Gasteiger partial charge on any atom is -0.497 e. The summed E-state index contributed by atoms with van der Waals surface area (Å²) in [5.74, 6) is 0.520. The molecule has 0 unspecified atom stereocenters. The second-order valence-electron chi connectivity index (χ2n) is 6.22. The van der Waals surface area contributed by atoms with Gasteiger partial charge in [-0.2, -0.15) is 18.2 Å². The first-order chi connectivity index (χ1) is 12.4. The largest absolute Gasteiger partial charge is 0.497 e. The van der Waals surface area contributed by atoms with E-state index in [9.17, 15) is 13.2 Å². The number of alkyl halides is 3. The third-order valence-corrected chi connectivity index (χ3v) is 4.31. The lowest BCUT2D eigenvalue weighted by atomic mass is 10.1. The van der Waals surface area contributed by atoms with Gasteiger partial charge in [0.15, 0.2) is 5.82 Å². The predicted octanol–water partition coefficient (Wildman–Crippen LogP) is 2.55. The predicted molar refractivity (Wildman–Crippen MR) is 89.4 cm³/mol. The van der Waals surface area contributed by atoms with Crippen LogP contribution in [-0.4, -0.2) is 61.1 Å². The molecule has 0 aliphatic carbocycles. The van der Waals surface area contributed by atoms with E-state index in [1.807, 2.05) is 23.1 Å². The van der Waals surface area contributed by atoms with Crippen LogP contribution in [0.4, 0.5) is 19.2 Å². The molecule has 0 amide bonds. The smallest absolute Gasteiger partial charge is 0.396 e. The van der Waals surface area contributed by atoms with Gasteiger partial charge in [-0.1, -0.05) is 17.3 Å². The van der Waals surface area contributed by atoms with E-state index in [1.165, 1.54) is 5.56 Å². The van der Waals surface area contributed by atoms with Crippen molar-refractivity contribution in [2.24, 2.45) is 0 Å². The second kappa shape index (κ2) is 7.94. The number of methoxy groups -OCH3 is 1. The Morgan fingerprint density at radius 1 is 1.19 bits per heavy atom. The first-order valence-corrected chi connectivity index (χ1v) is 8.42. The lowest BCUT2D eigenvalue weighted by Gasteiger charge is -2.33. The van der Waals surface area contributed by atoms with Crippen molar-refractivity contribution in [3.8, 4) is 5.75 Å². The van der Waals surface area contributed by atoms with Crippen molar-refractivity contribution in [3.05, 3.63) is 35.7 Å². The van der Waals surface area contributed by atoms with Crippen LogP contribution in [0.5, 0.6) is 5.75 Å². The third kappa shape index (κ3) is 5.10. The topological polar surface area (TPSA) is 54.6 Å². The Hall–Kier alpha value is -2.29. The maximum atomic E-state index is 12.4. The summed E-state index contributed by atoms with van der Waals surface area (Å²) >= 11 is 0. The molecule has 0 atom stereocenters. The van der Waals surface area contributed by atoms with Gasteiger partial charge in [0, 0.05) is 32.7 Å². The molecule has 0 N–H and O–H groups in total. The zero-order valence-corrected chi connectivity index (χ0v) is 14.5. The first-order valence-electron chi connectivity index (χ1n) is 8.42. The number of rotatable bonds is 6. The monoisotopic (exact) mass is 370 g/mol. The summed E-state index contributed by atoms with van der Waals surface area (Å²) in [6.45, 7) is 3.78. The summed E-state index contributed by atoms with van der Waals surface area (Å²) in [7, 11) is 1.65. The zero-order valence-electron chi connectivity index (χ0n) is 14.5. The number of aromatic nitrogens is 2. The highest BCUT2D eigenvalue weighted by Crippen LogP contribution is 2.22. The number of anilines is 1. The van der Waals surface area contributed by atoms with E-state index in [1.54, 1.807) is 7.11 Å². The van der Waals surface area contributed by atoms with E-state index in [0.717, 1.165) is 31.8 Å². The van der Waals surface area contributed by atoms with Gasteiger partial charge in [-0.05, 0) is 24.1 Å². The molecule has 1 saturated heterocycles. The van der Waals surface area contributed by atoms with E-state index in [0.29, 0.717) is 13.1 Å². The molecule has 0 spiro atoms. The molecule has 3 rings (SSSR count). The molecule has 1 fully saturated rings. The Kier molecular flexibility index (Phi) is 5.65. The lowest BCUT2D eigenvalue weighted by molar-refractivity contribution is -0.128. The molecule has 0 bridgehead atoms. The van der Waals surface area contributed by atoms with Gasteiger partial charge in [0.25, 0.3) is 0 Å². The molecule has 6 nitrogen and oxygen atoms in total. The van der Waals surface area contributed by atoms with Crippen LogP contribution < -0.4 is 9.64 Å². The summed E-state index contributed by atoms with van der Waals surface area (Å²) in [5, 5.41) is 3.41. The summed E-state index contributed by atoms with van der Waals surface area (Å²) in [5.41, 5.74) is 1.21. The molecule has 1 aromatic heterocycles. The first kappa shape index (κ1) is 18.5. The Bertz CT molecular complexity index is 712. The van der Waals surface area contributed by atoms with Crippen molar-refractivity contribution >= 4 is 6.01 Å². The zero-order chi connectivity index (χ0) is 18.6. The third-order valence-electron chi connectivity index (χ3n) is 4.31. The maximum absolute atomic E-state index is 12.4. The molecule has 1 aromatic carbocycles. The van der Waals surface area contributed by atoms with Crippen LogP contribution in [0.1, 0.15) is 11.4 Å². The van der Waals surface area contributed by atoms with Gasteiger partial charge < -0.3 is 14.2 Å². The van der Waals surface area contributed by atoms with Crippen molar-refractivity contribution in [3.63, 3.8) is 0 Å². The fourth-order valence-electron chi connectivity index (χ4n) is 2.90. The summed E-state index contributed by atoms with van der Waals surface area (Å²) in [6, 6.07) is 8.15. The van der Waals surface area contributed by atoms with Crippen LogP contribution in [0.25, 0.3) is 0 Å². The minimum atomic E-state index is -4.33. The van der Waals surface area contributed by atoms with Crippen LogP contribution in [0.3, 0.4) is 0 Å².